The highest BCUT2D eigenvalue weighted by molar-refractivity contribution is 5.73. The number of nitrogens with zero attached hydrogens (tertiary/aromatic N) is 2. The normalized spacial score (nSPS) is 26.1. The predicted octanol–water partition coefficient (Wildman–Crippen LogP) is 2.41. The summed E-state index contributed by atoms with van der Waals surface area (Å²) in [6.07, 6.45) is 4.97. The van der Waals surface area contributed by atoms with Crippen molar-refractivity contribution in [2.24, 2.45) is 17.3 Å². The topological polar surface area (TPSA) is 35.6 Å². The van der Waals surface area contributed by atoms with Gasteiger partial charge in [0.05, 0.1) is 0 Å². The summed E-state index contributed by atoms with van der Waals surface area (Å²) in [4.78, 5) is 15.8. The van der Waals surface area contributed by atoms with Gasteiger partial charge in [-0.25, -0.2) is 4.79 Å². The van der Waals surface area contributed by atoms with E-state index in [4.69, 9.17) is 0 Å². The van der Waals surface area contributed by atoms with Crippen molar-refractivity contribution in [3.05, 3.63) is 0 Å². The number of carbonyl (C=O) groups is 1. The Balaban J connectivity index is 1.99. The number of carbonyl (C=O) groups excluding carboxylic acids is 1. The first-order valence-electron chi connectivity index (χ1n) is 8.11. The van der Waals surface area contributed by atoms with Gasteiger partial charge in [0.15, 0.2) is 0 Å². The third kappa shape index (κ3) is 3.27. The van der Waals surface area contributed by atoms with Crippen molar-refractivity contribution >= 4 is 6.03 Å². The van der Waals surface area contributed by atoms with E-state index >= 15 is 0 Å². The van der Waals surface area contributed by atoms with Crippen LogP contribution in [0.4, 0.5) is 4.79 Å². The summed E-state index contributed by atoms with van der Waals surface area (Å²) in [5.74, 6) is 1.55. The molecule has 2 heterocycles. The zero-order valence-electron chi connectivity index (χ0n) is 13.6. The van der Waals surface area contributed by atoms with Gasteiger partial charge in [0.1, 0.15) is 0 Å². The maximum atomic E-state index is 12.1. The second-order valence-electron chi connectivity index (χ2n) is 7.31. The quantitative estimate of drug-likeness (QED) is 0.843. The maximum absolute atomic E-state index is 12.1. The first-order chi connectivity index (χ1) is 9.44. The molecule has 2 fully saturated rings. The summed E-state index contributed by atoms with van der Waals surface area (Å²) in [6, 6.07) is 0.175. The minimum absolute atomic E-state index is 0.175. The number of urea groups is 1. The minimum Gasteiger partial charge on any atom is -0.331 e. The summed E-state index contributed by atoms with van der Waals surface area (Å²) in [5, 5.41) is 3.58. The van der Waals surface area contributed by atoms with Gasteiger partial charge >= 0.3 is 6.03 Å². The molecule has 0 aromatic carbocycles. The lowest BCUT2D eigenvalue weighted by Gasteiger charge is -2.50. The minimum atomic E-state index is 0.175. The molecule has 116 valence electrons. The zero-order chi connectivity index (χ0) is 14.8. The Labute approximate surface area is 123 Å². The van der Waals surface area contributed by atoms with Crippen LogP contribution < -0.4 is 5.32 Å². The van der Waals surface area contributed by atoms with Gasteiger partial charge in [0, 0.05) is 27.2 Å². The standard InChI is InChI=1S/C16H31N3O/c1-13(2)11-14-12-17-8-5-16(14)6-9-19(10-7-16)15(20)18(3)4/h13-14,17H,5-12H2,1-4H3. The van der Waals surface area contributed by atoms with Crippen LogP contribution >= 0.6 is 0 Å². The summed E-state index contributed by atoms with van der Waals surface area (Å²) in [6.45, 7) is 8.84. The molecule has 0 radical (unpaired) electrons. The fraction of sp³-hybridized carbons (Fsp3) is 0.938. The van der Waals surface area contributed by atoms with E-state index in [1.54, 1.807) is 4.90 Å². The molecule has 2 aliphatic rings. The molecule has 0 aliphatic carbocycles. The van der Waals surface area contributed by atoms with E-state index in [2.05, 4.69) is 19.2 Å². The molecular weight excluding hydrogens is 250 g/mol. The molecule has 20 heavy (non-hydrogen) atoms. The molecule has 0 saturated carbocycles. The maximum Gasteiger partial charge on any atom is 0.319 e. The van der Waals surface area contributed by atoms with E-state index < -0.39 is 0 Å². The Hall–Kier alpha value is -0.770. The summed E-state index contributed by atoms with van der Waals surface area (Å²) in [5.41, 5.74) is 0.485. The Morgan fingerprint density at radius 2 is 1.95 bits per heavy atom. The highest BCUT2D eigenvalue weighted by Gasteiger charge is 2.43. The number of piperidine rings is 2. The smallest absolute Gasteiger partial charge is 0.319 e. The van der Waals surface area contributed by atoms with Crippen molar-refractivity contribution in [2.45, 2.75) is 39.5 Å². The molecule has 1 N–H and O–H groups in total. The third-order valence-electron chi connectivity index (χ3n) is 5.22. The highest BCUT2D eigenvalue weighted by Crippen LogP contribution is 2.45. The Kier molecular flexibility index (Phi) is 4.95. The van der Waals surface area contributed by atoms with Crippen LogP contribution in [0.1, 0.15) is 39.5 Å². The van der Waals surface area contributed by atoms with Crippen LogP contribution in [0.3, 0.4) is 0 Å². The van der Waals surface area contributed by atoms with Crippen LogP contribution in [-0.4, -0.2) is 56.1 Å². The summed E-state index contributed by atoms with van der Waals surface area (Å²) >= 11 is 0. The molecule has 4 nitrogen and oxygen atoms in total. The van der Waals surface area contributed by atoms with Gasteiger partial charge < -0.3 is 15.1 Å². The molecule has 0 aromatic heterocycles. The molecule has 0 bridgehead atoms. The molecule has 1 spiro atoms. The van der Waals surface area contributed by atoms with E-state index in [1.807, 2.05) is 19.0 Å². The van der Waals surface area contributed by atoms with Gasteiger partial charge in [-0.2, -0.15) is 0 Å². The van der Waals surface area contributed by atoms with E-state index in [0.29, 0.717) is 5.41 Å². The first-order valence-corrected chi connectivity index (χ1v) is 8.11. The average Bonchev–Trinajstić information content (AvgIpc) is 2.41. The van der Waals surface area contributed by atoms with E-state index in [0.717, 1.165) is 31.5 Å². The first kappa shape index (κ1) is 15.6. The van der Waals surface area contributed by atoms with Gasteiger partial charge in [0.2, 0.25) is 0 Å². The van der Waals surface area contributed by atoms with Crippen LogP contribution in [0.25, 0.3) is 0 Å². The van der Waals surface area contributed by atoms with Crippen LogP contribution in [0.2, 0.25) is 0 Å². The van der Waals surface area contributed by atoms with E-state index in [9.17, 15) is 4.79 Å². The summed E-state index contributed by atoms with van der Waals surface area (Å²) in [7, 11) is 3.69. The molecule has 2 aliphatic heterocycles. The lowest BCUT2D eigenvalue weighted by atomic mass is 9.63. The van der Waals surface area contributed by atoms with Crippen molar-refractivity contribution in [3.8, 4) is 0 Å². The van der Waals surface area contributed by atoms with Gasteiger partial charge in [-0.05, 0) is 56.0 Å². The lowest BCUT2D eigenvalue weighted by Crippen LogP contribution is -2.53. The number of hydrogen-bond acceptors (Lipinski definition) is 2. The molecule has 0 aromatic rings. The number of nitrogens with one attached hydrogen (secondary N) is 1. The third-order valence-corrected chi connectivity index (χ3v) is 5.22. The number of hydrogen-bond donors (Lipinski definition) is 1. The fourth-order valence-electron chi connectivity index (χ4n) is 4.02. The molecular formula is C16H31N3O. The van der Waals surface area contributed by atoms with Gasteiger partial charge in [0.25, 0.3) is 0 Å². The van der Waals surface area contributed by atoms with Crippen LogP contribution in [0.15, 0.2) is 0 Å². The van der Waals surface area contributed by atoms with Crippen LogP contribution in [-0.2, 0) is 0 Å². The van der Waals surface area contributed by atoms with Gasteiger partial charge in [-0.3, -0.25) is 0 Å². The Morgan fingerprint density at radius 3 is 2.50 bits per heavy atom. The van der Waals surface area contributed by atoms with Gasteiger partial charge in [-0.1, -0.05) is 13.8 Å². The van der Waals surface area contributed by atoms with E-state index in [1.165, 1.54) is 32.2 Å². The van der Waals surface area contributed by atoms with Crippen molar-refractivity contribution in [1.29, 1.82) is 0 Å². The molecule has 2 saturated heterocycles. The highest BCUT2D eigenvalue weighted by atomic mass is 16.2. The second-order valence-corrected chi connectivity index (χ2v) is 7.31. The second kappa shape index (κ2) is 6.33. The summed E-state index contributed by atoms with van der Waals surface area (Å²) < 4.78 is 0. The SMILES string of the molecule is CC(C)CC1CNCCC12CCN(C(=O)N(C)C)CC2. The Bertz CT molecular complexity index is 333. The lowest BCUT2D eigenvalue weighted by molar-refractivity contribution is 0.0205. The number of rotatable bonds is 2. The van der Waals surface area contributed by atoms with Gasteiger partial charge in [-0.15, -0.1) is 0 Å². The predicted molar refractivity (Wildman–Crippen MR) is 82.8 cm³/mol. The van der Waals surface area contributed by atoms with Crippen molar-refractivity contribution in [3.63, 3.8) is 0 Å². The van der Waals surface area contributed by atoms with Crippen molar-refractivity contribution < 1.29 is 4.79 Å². The average molecular weight is 281 g/mol. The zero-order valence-corrected chi connectivity index (χ0v) is 13.6. The molecule has 1 atom stereocenters. The van der Waals surface area contributed by atoms with Crippen molar-refractivity contribution in [1.82, 2.24) is 15.1 Å². The molecule has 2 rings (SSSR count). The Morgan fingerprint density at radius 1 is 1.30 bits per heavy atom. The van der Waals surface area contributed by atoms with Crippen LogP contribution in [0, 0.1) is 17.3 Å². The van der Waals surface area contributed by atoms with Crippen molar-refractivity contribution in [2.75, 3.05) is 40.3 Å². The monoisotopic (exact) mass is 281 g/mol. The van der Waals surface area contributed by atoms with E-state index in [-0.39, 0.29) is 6.03 Å². The fourth-order valence-corrected chi connectivity index (χ4v) is 4.02. The molecule has 1 unspecified atom stereocenters. The largest absolute Gasteiger partial charge is 0.331 e. The number of likely N-dealkylation sites (tertiary alicyclic amines) is 1. The van der Waals surface area contributed by atoms with Crippen LogP contribution in [0.5, 0.6) is 0 Å². The molecule has 2 amide bonds. The molecule has 4 heteroatoms. The number of amides is 2.